The number of anilines is 2. The molecule has 0 aromatic heterocycles. The van der Waals surface area contributed by atoms with Gasteiger partial charge < -0.3 is 24.6 Å². The van der Waals surface area contributed by atoms with Gasteiger partial charge in [0.25, 0.3) is 5.69 Å². The number of methoxy groups -OCH3 is 1. The largest absolute Gasteiger partial charge is 0.496 e. The SMILES string of the molecule is CCN1CC(CN(C)C(=O)Nc2ccc(OC)cc2[N+](=O)[O-])Oc2ccccc21. The van der Waals surface area contributed by atoms with Gasteiger partial charge in [-0.2, -0.15) is 0 Å². The number of fused-ring (bicyclic) bond motifs is 1. The third-order valence-electron chi connectivity index (χ3n) is 4.77. The number of nitro benzene ring substituents is 1. The van der Waals surface area contributed by atoms with E-state index in [0.29, 0.717) is 18.8 Å². The molecule has 2 aromatic rings. The van der Waals surface area contributed by atoms with Crippen molar-refractivity contribution < 1.29 is 19.2 Å². The van der Waals surface area contributed by atoms with Gasteiger partial charge in [-0.15, -0.1) is 0 Å². The molecule has 0 fully saturated rings. The van der Waals surface area contributed by atoms with Gasteiger partial charge >= 0.3 is 6.03 Å². The lowest BCUT2D eigenvalue weighted by Gasteiger charge is -2.37. The van der Waals surface area contributed by atoms with Crippen LogP contribution in [0.5, 0.6) is 11.5 Å². The maximum Gasteiger partial charge on any atom is 0.321 e. The summed E-state index contributed by atoms with van der Waals surface area (Å²) in [5.74, 6) is 1.13. The lowest BCUT2D eigenvalue weighted by Crippen LogP contribution is -2.47. The maximum absolute atomic E-state index is 12.6. The molecule has 1 aliphatic heterocycles. The second-order valence-corrected chi connectivity index (χ2v) is 6.70. The molecule has 1 atom stereocenters. The number of rotatable bonds is 6. The number of amides is 2. The Hall–Kier alpha value is -3.49. The lowest BCUT2D eigenvalue weighted by molar-refractivity contribution is -0.384. The van der Waals surface area contributed by atoms with Crippen LogP contribution in [0.2, 0.25) is 0 Å². The molecule has 0 bridgehead atoms. The first-order valence-electron chi connectivity index (χ1n) is 9.28. The van der Waals surface area contributed by atoms with E-state index in [-0.39, 0.29) is 17.5 Å². The van der Waals surface area contributed by atoms with Crippen LogP contribution in [0.25, 0.3) is 0 Å². The highest BCUT2D eigenvalue weighted by Crippen LogP contribution is 2.33. The van der Waals surface area contributed by atoms with Gasteiger partial charge in [0.1, 0.15) is 23.3 Å². The number of para-hydroxylation sites is 2. The second kappa shape index (κ2) is 8.68. The first-order chi connectivity index (χ1) is 13.9. The van der Waals surface area contributed by atoms with Gasteiger partial charge in [-0.25, -0.2) is 4.79 Å². The van der Waals surface area contributed by atoms with Gasteiger partial charge in [0, 0.05) is 13.6 Å². The minimum atomic E-state index is -0.557. The second-order valence-electron chi connectivity index (χ2n) is 6.70. The number of nitrogens with zero attached hydrogens (tertiary/aromatic N) is 3. The number of urea groups is 1. The summed E-state index contributed by atoms with van der Waals surface area (Å²) in [6.07, 6.45) is -0.216. The van der Waals surface area contributed by atoms with Gasteiger partial charge in [-0.3, -0.25) is 10.1 Å². The monoisotopic (exact) mass is 400 g/mol. The van der Waals surface area contributed by atoms with E-state index < -0.39 is 11.0 Å². The molecule has 0 radical (unpaired) electrons. The van der Waals surface area contributed by atoms with Gasteiger partial charge in [-0.05, 0) is 31.2 Å². The van der Waals surface area contributed by atoms with Crippen molar-refractivity contribution in [2.24, 2.45) is 0 Å². The summed E-state index contributed by atoms with van der Waals surface area (Å²) in [6, 6.07) is 11.6. The summed E-state index contributed by atoms with van der Waals surface area (Å²) in [7, 11) is 3.05. The van der Waals surface area contributed by atoms with Crippen molar-refractivity contribution in [3.63, 3.8) is 0 Å². The molecule has 1 N–H and O–H groups in total. The predicted octanol–water partition coefficient (Wildman–Crippen LogP) is 3.35. The molecular formula is C20H24N4O5. The van der Waals surface area contributed by atoms with E-state index in [4.69, 9.17) is 9.47 Å². The molecule has 2 amide bonds. The molecule has 2 aromatic carbocycles. The van der Waals surface area contributed by atoms with Crippen LogP contribution < -0.4 is 19.7 Å². The number of nitro groups is 1. The Morgan fingerprint density at radius 3 is 2.83 bits per heavy atom. The molecule has 1 unspecified atom stereocenters. The number of nitrogens with one attached hydrogen (secondary N) is 1. The number of hydrogen-bond acceptors (Lipinski definition) is 6. The van der Waals surface area contributed by atoms with Crippen LogP contribution in [0.3, 0.4) is 0 Å². The van der Waals surface area contributed by atoms with Crippen LogP contribution in [-0.2, 0) is 0 Å². The molecule has 29 heavy (non-hydrogen) atoms. The lowest BCUT2D eigenvalue weighted by atomic mass is 10.2. The summed E-state index contributed by atoms with van der Waals surface area (Å²) in [5.41, 5.74) is 0.913. The summed E-state index contributed by atoms with van der Waals surface area (Å²) < 4.78 is 11.1. The van der Waals surface area contributed by atoms with Crippen LogP contribution in [0, 0.1) is 10.1 Å². The summed E-state index contributed by atoms with van der Waals surface area (Å²) >= 11 is 0. The molecule has 1 heterocycles. The fraction of sp³-hybridized carbons (Fsp3) is 0.350. The van der Waals surface area contributed by atoms with Crippen LogP contribution in [-0.4, -0.2) is 55.8 Å². The molecule has 0 aliphatic carbocycles. The fourth-order valence-corrected chi connectivity index (χ4v) is 3.27. The quantitative estimate of drug-likeness (QED) is 0.590. The van der Waals surface area contributed by atoms with E-state index >= 15 is 0 Å². The van der Waals surface area contributed by atoms with Gasteiger partial charge in [0.15, 0.2) is 0 Å². The Kier molecular flexibility index (Phi) is 6.06. The van der Waals surface area contributed by atoms with E-state index in [1.807, 2.05) is 24.3 Å². The van der Waals surface area contributed by atoms with Crippen molar-refractivity contribution >= 4 is 23.1 Å². The van der Waals surface area contributed by atoms with E-state index in [9.17, 15) is 14.9 Å². The average molecular weight is 400 g/mol. The van der Waals surface area contributed by atoms with E-state index in [2.05, 4.69) is 17.1 Å². The number of carbonyl (C=O) groups excluding carboxylic acids is 1. The summed E-state index contributed by atoms with van der Waals surface area (Å²) in [6.45, 7) is 3.87. The average Bonchev–Trinajstić information content (AvgIpc) is 2.73. The van der Waals surface area contributed by atoms with Crippen molar-refractivity contribution in [3.05, 3.63) is 52.6 Å². The van der Waals surface area contributed by atoms with E-state index in [0.717, 1.165) is 18.0 Å². The zero-order valence-corrected chi connectivity index (χ0v) is 16.6. The molecule has 0 saturated heterocycles. The van der Waals surface area contributed by atoms with Gasteiger partial charge in [0.05, 0.1) is 36.9 Å². The first kappa shape index (κ1) is 20.2. The third kappa shape index (κ3) is 4.50. The first-order valence-corrected chi connectivity index (χ1v) is 9.28. The number of hydrogen-bond donors (Lipinski definition) is 1. The van der Waals surface area contributed by atoms with Crippen LogP contribution >= 0.6 is 0 Å². The molecule has 3 rings (SSSR count). The molecule has 9 heteroatoms. The normalized spacial score (nSPS) is 15.1. The highest BCUT2D eigenvalue weighted by molar-refractivity contribution is 5.92. The third-order valence-corrected chi connectivity index (χ3v) is 4.77. The van der Waals surface area contributed by atoms with Crippen molar-refractivity contribution in [1.29, 1.82) is 0 Å². The predicted molar refractivity (Wildman–Crippen MR) is 110 cm³/mol. The van der Waals surface area contributed by atoms with Gasteiger partial charge in [0.2, 0.25) is 0 Å². The molecular weight excluding hydrogens is 376 g/mol. The van der Waals surface area contributed by atoms with Crippen LogP contribution in [0.1, 0.15) is 6.92 Å². The molecule has 9 nitrogen and oxygen atoms in total. The number of ether oxygens (including phenoxy) is 2. The Balaban J connectivity index is 1.68. The van der Waals surface area contributed by atoms with Crippen molar-refractivity contribution in [2.45, 2.75) is 13.0 Å². The Labute approximate surface area is 169 Å². The Morgan fingerprint density at radius 2 is 2.14 bits per heavy atom. The minimum absolute atomic E-state index is 0.109. The smallest absolute Gasteiger partial charge is 0.321 e. The fourth-order valence-electron chi connectivity index (χ4n) is 3.27. The topological polar surface area (TPSA) is 97.2 Å². The maximum atomic E-state index is 12.6. The van der Waals surface area contributed by atoms with Crippen LogP contribution in [0.4, 0.5) is 21.9 Å². The molecule has 1 aliphatic rings. The number of carbonyl (C=O) groups is 1. The number of benzene rings is 2. The molecule has 0 spiro atoms. The summed E-state index contributed by atoms with van der Waals surface area (Å²) in [4.78, 5) is 27.0. The molecule has 0 saturated carbocycles. The van der Waals surface area contributed by atoms with E-state index in [1.165, 1.54) is 24.1 Å². The zero-order valence-electron chi connectivity index (χ0n) is 16.6. The van der Waals surface area contributed by atoms with Crippen molar-refractivity contribution in [3.8, 4) is 11.5 Å². The van der Waals surface area contributed by atoms with Crippen molar-refractivity contribution in [1.82, 2.24) is 4.90 Å². The molecule has 154 valence electrons. The Bertz CT molecular complexity index is 904. The van der Waals surface area contributed by atoms with Crippen LogP contribution in [0.15, 0.2) is 42.5 Å². The van der Waals surface area contributed by atoms with E-state index in [1.54, 1.807) is 13.1 Å². The minimum Gasteiger partial charge on any atom is -0.496 e. The van der Waals surface area contributed by atoms with Gasteiger partial charge in [-0.1, -0.05) is 12.1 Å². The number of likely N-dealkylation sites (N-methyl/N-ethyl adjacent to an activating group) is 2. The summed E-state index contributed by atoms with van der Waals surface area (Å²) in [5, 5.41) is 13.9. The van der Waals surface area contributed by atoms with Crippen molar-refractivity contribution in [2.75, 3.05) is 44.0 Å². The highest BCUT2D eigenvalue weighted by atomic mass is 16.6. The zero-order chi connectivity index (χ0) is 21.0. The Morgan fingerprint density at radius 1 is 1.38 bits per heavy atom. The standard InChI is InChI=1S/C20H24N4O5/c1-4-23-13-15(29-19-8-6-5-7-17(19)23)12-22(2)20(25)21-16-10-9-14(28-3)11-18(16)24(26)27/h5-11,15H,4,12-13H2,1-3H3,(H,21,25). The highest BCUT2D eigenvalue weighted by Gasteiger charge is 2.27.